The van der Waals surface area contributed by atoms with E-state index in [0.717, 1.165) is 56.3 Å². The molecule has 2 aromatic heterocycles. The predicted octanol–water partition coefficient (Wildman–Crippen LogP) is 1.23. The second kappa shape index (κ2) is 9.75. The van der Waals surface area contributed by atoms with Gasteiger partial charge < -0.3 is 19.9 Å². The normalized spacial score (nSPS) is 17.9. The second-order valence-electron chi connectivity index (χ2n) is 7.63. The Hall–Kier alpha value is -1.88. The first-order chi connectivity index (χ1) is 13.6. The van der Waals surface area contributed by atoms with Gasteiger partial charge in [0.25, 0.3) is 0 Å². The van der Waals surface area contributed by atoms with Crippen molar-refractivity contribution >= 4 is 41.5 Å². The first-order valence-corrected chi connectivity index (χ1v) is 10.0. The molecule has 1 saturated carbocycles. The zero-order valence-corrected chi connectivity index (χ0v) is 19.4. The summed E-state index contributed by atoms with van der Waals surface area (Å²) in [6.07, 6.45) is 4.34. The standard InChI is InChI=1S/C20H29N7O.HI/c1-15-4-3-5-18-23-17(13-27(15)18)12-22-20(21-2)26-10-8-25(9-11-26)14-19(28)24-16-6-7-16;/h3-5,13,16H,6-12,14H2,1-2H3,(H,21,22)(H,24,28);1H. The molecule has 0 radical (unpaired) electrons. The Kier molecular flexibility index (Phi) is 7.33. The van der Waals surface area contributed by atoms with Crippen LogP contribution in [-0.4, -0.2) is 76.9 Å². The summed E-state index contributed by atoms with van der Waals surface area (Å²) in [5.41, 5.74) is 3.12. The zero-order chi connectivity index (χ0) is 19.5. The maximum Gasteiger partial charge on any atom is 0.234 e. The molecule has 1 aliphatic heterocycles. The molecule has 2 fully saturated rings. The summed E-state index contributed by atoms with van der Waals surface area (Å²) in [5, 5.41) is 6.49. The third-order valence-electron chi connectivity index (χ3n) is 5.37. The van der Waals surface area contributed by atoms with Crippen LogP contribution >= 0.6 is 24.0 Å². The fourth-order valence-corrected chi connectivity index (χ4v) is 3.61. The summed E-state index contributed by atoms with van der Waals surface area (Å²) < 4.78 is 2.10. The fraction of sp³-hybridized carbons (Fsp3) is 0.550. The minimum absolute atomic E-state index is 0. The third kappa shape index (κ3) is 5.59. The summed E-state index contributed by atoms with van der Waals surface area (Å²) in [7, 11) is 1.81. The second-order valence-corrected chi connectivity index (χ2v) is 7.63. The van der Waals surface area contributed by atoms with Crippen LogP contribution in [0.25, 0.3) is 5.65 Å². The molecule has 8 nitrogen and oxygen atoms in total. The minimum atomic E-state index is 0. The number of carbonyl (C=O) groups excluding carboxylic acids is 1. The molecule has 4 rings (SSSR count). The molecule has 0 spiro atoms. The minimum Gasteiger partial charge on any atom is -0.352 e. The van der Waals surface area contributed by atoms with E-state index in [1.807, 2.05) is 19.2 Å². The lowest BCUT2D eigenvalue weighted by atomic mass is 10.3. The molecule has 9 heteroatoms. The van der Waals surface area contributed by atoms with Gasteiger partial charge >= 0.3 is 0 Å². The predicted molar refractivity (Wildman–Crippen MR) is 125 cm³/mol. The van der Waals surface area contributed by atoms with Crippen LogP contribution in [0.3, 0.4) is 0 Å². The number of hydrogen-bond donors (Lipinski definition) is 2. The van der Waals surface area contributed by atoms with E-state index in [1.165, 1.54) is 5.69 Å². The van der Waals surface area contributed by atoms with Gasteiger partial charge in [-0.25, -0.2) is 4.98 Å². The molecule has 2 aliphatic rings. The number of pyridine rings is 1. The van der Waals surface area contributed by atoms with Crippen LogP contribution in [0, 0.1) is 6.92 Å². The molecule has 29 heavy (non-hydrogen) atoms. The number of halogens is 1. The van der Waals surface area contributed by atoms with Gasteiger partial charge in [0.05, 0.1) is 18.8 Å². The van der Waals surface area contributed by atoms with E-state index >= 15 is 0 Å². The van der Waals surface area contributed by atoms with Crippen molar-refractivity contribution in [2.45, 2.75) is 32.4 Å². The lowest BCUT2D eigenvalue weighted by Crippen LogP contribution is -2.54. The van der Waals surface area contributed by atoms with E-state index in [1.54, 1.807) is 0 Å². The Labute approximate surface area is 188 Å². The van der Waals surface area contributed by atoms with E-state index in [4.69, 9.17) is 0 Å². The number of aliphatic imine (C=N–C) groups is 1. The highest BCUT2D eigenvalue weighted by Crippen LogP contribution is 2.18. The number of aryl methyl sites for hydroxylation is 1. The van der Waals surface area contributed by atoms with Crippen molar-refractivity contribution in [1.29, 1.82) is 0 Å². The van der Waals surface area contributed by atoms with Gasteiger partial charge in [-0.3, -0.25) is 14.7 Å². The van der Waals surface area contributed by atoms with Crippen molar-refractivity contribution in [3.8, 4) is 0 Å². The molecule has 2 aromatic rings. The Bertz CT molecular complexity index is 869. The molecule has 3 heterocycles. The zero-order valence-electron chi connectivity index (χ0n) is 17.1. The number of carbonyl (C=O) groups is 1. The van der Waals surface area contributed by atoms with Crippen molar-refractivity contribution in [1.82, 2.24) is 29.8 Å². The topological polar surface area (TPSA) is 77.3 Å². The number of nitrogens with one attached hydrogen (secondary N) is 2. The van der Waals surface area contributed by atoms with Crippen molar-refractivity contribution in [3.63, 3.8) is 0 Å². The summed E-state index contributed by atoms with van der Waals surface area (Å²) in [6, 6.07) is 6.55. The quantitative estimate of drug-likeness (QED) is 0.359. The van der Waals surface area contributed by atoms with Crippen LogP contribution in [-0.2, 0) is 11.3 Å². The number of rotatable bonds is 5. The van der Waals surface area contributed by atoms with Crippen LogP contribution in [0.2, 0.25) is 0 Å². The Morgan fingerprint density at radius 1 is 1.24 bits per heavy atom. The van der Waals surface area contributed by atoms with Crippen molar-refractivity contribution in [2.24, 2.45) is 4.99 Å². The smallest absolute Gasteiger partial charge is 0.234 e. The van der Waals surface area contributed by atoms with Gasteiger partial charge in [-0.15, -0.1) is 24.0 Å². The van der Waals surface area contributed by atoms with Crippen LogP contribution in [0.5, 0.6) is 0 Å². The van der Waals surface area contributed by atoms with E-state index < -0.39 is 0 Å². The maximum absolute atomic E-state index is 12.0. The van der Waals surface area contributed by atoms with E-state index in [9.17, 15) is 4.79 Å². The molecular formula is C20H30IN7O. The molecule has 158 valence electrons. The largest absolute Gasteiger partial charge is 0.352 e. The highest BCUT2D eigenvalue weighted by Gasteiger charge is 2.25. The third-order valence-corrected chi connectivity index (χ3v) is 5.37. The van der Waals surface area contributed by atoms with Gasteiger partial charge in [0.15, 0.2) is 5.96 Å². The van der Waals surface area contributed by atoms with E-state index in [2.05, 4.69) is 54.0 Å². The Balaban J connectivity index is 0.00000240. The number of guanidine groups is 1. The number of nitrogens with zero attached hydrogens (tertiary/aromatic N) is 5. The molecule has 1 amide bonds. The monoisotopic (exact) mass is 511 g/mol. The number of imidazole rings is 1. The van der Waals surface area contributed by atoms with E-state index in [0.29, 0.717) is 19.1 Å². The van der Waals surface area contributed by atoms with Crippen LogP contribution in [0.1, 0.15) is 24.2 Å². The highest BCUT2D eigenvalue weighted by atomic mass is 127. The van der Waals surface area contributed by atoms with Gasteiger partial charge in [0.1, 0.15) is 5.65 Å². The number of amides is 1. The summed E-state index contributed by atoms with van der Waals surface area (Å²) in [5.74, 6) is 1.04. The highest BCUT2D eigenvalue weighted by molar-refractivity contribution is 14.0. The lowest BCUT2D eigenvalue weighted by molar-refractivity contribution is -0.122. The SMILES string of the molecule is CN=C(NCc1cn2c(C)cccc2n1)N1CCN(CC(=O)NC2CC2)CC1.I. The average molecular weight is 511 g/mol. The van der Waals surface area contributed by atoms with Crippen molar-refractivity contribution in [3.05, 3.63) is 35.8 Å². The van der Waals surface area contributed by atoms with Crippen LogP contribution < -0.4 is 10.6 Å². The van der Waals surface area contributed by atoms with Crippen LogP contribution in [0.15, 0.2) is 29.4 Å². The van der Waals surface area contributed by atoms with Crippen LogP contribution in [0.4, 0.5) is 0 Å². The number of piperazine rings is 1. The number of fused-ring (bicyclic) bond motifs is 1. The average Bonchev–Trinajstić information content (AvgIpc) is 3.39. The number of hydrogen-bond acceptors (Lipinski definition) is 4. The first-order valence-electron chi connectivity index (χ1n) is 10.0. The first kappa shape index (κ1) is 21.8. The molecule has 0 atom stereocenters. The van der Waals surface area contributed by atoms with Gasteiger partial charge in [-0.05, 0) is 31.9 Å². The lowest BCUT2D eigenvalue weighted by Gasteiger charge is -2.36. The molecule has 0 unspecified atom stereocenters. The Morgan fingerprint density at radius 2 is 2.00 bits per heavy atom. The van der Waals surface area contributed by atoms with Crippen molar-refractivity contribution in [2.75, 3.05) is 39.8 Å². The molecule has 0 bridgehead atoms. The molecule has 1 aliphatic carbocycles. The van der Waals surface area contributed by atoms with Gasteiger partial charge in [0, 0.05) is 51.2 Å². The summed E-state index contributed by atoms with van der Waals surface area (Å²) >= 11 is 0. The molecule has 0 aromatic carbocycles. The fourth-order valence-electron chi connectivity index (χ4n) is 3.61. The van der Waals surface area contributed by atoms with E-state index in [-0.39, 0.29) is 29.9 Å². The molecule has 1 saturated heterocycles. The van der Waals surface area contributed by atoms with Gasteiger partial charge in [0.2, 0.25) is 5.91 Å². The molecule has 2 N–H and O–H groups in total. The maximum atomic E-state index is 12.0. The summed E-state index contributed by atoms with van der Waals surface area (Å²) in [4.78, 5) is 25.5. The molecular weight excluding hydrogens is 481 g/mol. The van der Waals surface area contributed by atoms with Gasteiger partial charge in [-0.2, -0.15) is 0 Å². The Morgan fingerprint density at radius 3 is 2.66 bits per heavy atom. The summed E-state index contributed by atoms with van der Waals surface area (Å²) in [6.45, 7) is 6.67. The number of aromatic nitrogens is 2. The van der Waals surface area contributed by atoms with Gasteiger partial charge in [-0.1, -0.05) is 6.07 Å². The van der Waals surface area contributed by atoms with Crippen molar-refractivity contribution < 1.29 is 4.79 Å².